The number of nitrogens with one attached hydrogen (secondary N) is 1. The second-order valence-corrected chi connectivity index (χ2v) is 3.75. The van der Waals surface area contributed by atoms with Gasteiger partial charge in [0.25, 0.3) is 5.91 Å². The zero-order valence-electron chi connectivity index (χ0n) is 10.3. The molecule has 0 aromatic carbocycles. The molecule has 0 atom stereocenters. The van der Waals surface area contributed by atoms with Gasteiger partial charge in [-0.3, -0.25) is 14.3 Å². The van der Waals surface area contributed by atoms with Crippen molar-refractivity contribution >= 4 is 17.7 Å². The van der Waals surface area contributed by atoms with Crippen molar-refractivity contribution in [1.29, 1.82) is 0 Å². The van der Waals surface area contributed by atoms with Crippen LogP contribution in [0.1, 0.15) is 19.8 Å². The maximum absolute atomic E-state index is 11.4. The molecule has 1 rings (SSSR count). The average Bonchev–Trinajstić information content (AvgIpc) is 2.71. The minimum atomic E-state index is -0.987. The Morgan fingerprint density at radius 1 is 1.56 bits per heavy atom. The van der Waals surface area contributed by atoms with Crippen LogP contribution in [0.4, 0.5) is 5.82 Å². The highest BCUT2D eigenvalue weighted by molar-refractivity contribution is 5.90. The van der Waals surface area contributed by atoms with Crippen molar-refractivity contribution in [1.82, 2.24) is 9.78 Å². The van der Waals surface area contributed by atoms with Crippen molar-refractivity contribution in [3.05, 3.63) is 12.3 Å². The van der Waals surface area contributed by atoms with Crippen LogP contribution in [0, 0.1) is 0 Å². The summed E-state index contributed by atoms with van der Waals surface area (Å²) in [6.07, 6.45) is 3.42. The highest BCUT2D eigenvalue weighted by Crippen LogP contribution is 2.02. The van der Waals surface area contributed by atoms with Gasteiger partial charge in [0.15, 0.2) is 5.82 Å². The van der Waals surface area contributed by atoms with E-state index in [0.29, 0.717) is 12.4 Å². The van der Waals surface area contributed by atoms with E-state index in [9.17, 15) is 9.59 Å². The van der Waals surface area contributed by atoms with E-state index < -0.39 is 5.97 Å². The van der Waals surface area contributed by atoms with Gasteiger partial charge in [-0.15, -0.1) is 0 Å². The molecule has 2 N–H and O–H groups in total. The lowest BCUT2D eigenvalue weighted by Crippen LogP contribution is -2.19. The Kier molecular flexibility index (Phi) is 5.86. The number of amides is 1. The van der Waals surface area contributed by atoms with Crippen molar-refractivity contribution in [2.24, 2.45) is 0 Å². The number of nitrogens with zero attached hydrogens (tertiary/aromatic N) is 2. The molecule has 18 heavy (non-hydrogen) atoms. The SMILES string of the molecule is CCCCOCC(=O)Nc1ccn(CC(=O)O)n1. The number of unbranched alkanes of at least 4 members (excludes halogenated alkanes) is 1. The Bertz CT molecular complexity index is 403. The zero-order chi connectivity index (χ0) is 13.4. The second kappa shape index (κ2) is 7.44. The van der Waals surface area contributed by atoms with Crippen LogP contribution in [0.2, 0.25) is 0 Å². The van der Waals surface area contributed by atoms with E-state index in [4.69, 9.17) is 9.84 Å². The van der Waals surface area contributed by atoms with Gasteiger partial charge in [-0.25, -0.2) is 0 Å². The Morgan fingerprint density at radius 2 is 2.33 bits per heavy atom. The molecule has 0 aliphatic rings. The molecule has 0 spiro atoms. The summed E-state index contributed by atoms with van der Waals surface area (Å²) in [7, 11) is 0. The predicted molar refractivity (Wildman–Crippen MR) is 64.2 cm³/mol. The van der Waals surface area contributed by atoms with Gasteiger partial charge in [-0.1, -0.05) is 13.3 Å². The van der Waals surface area contributed by atoms with Gasteiger partial charge in [-0.2, -0.15) is 5.10 Å². The van der Waals surface area contributed by atoms with E-state index >= 15 is 0 Å². The van der Waals surface area contributed by atoms with E-state index in [1.807, 2.05) is 6.92 Å². The fraction of sp³-hybridized carbons (Fsp3) is 0.545. The maximum atomic E-state index is 11.4. The molecule has 1 aromatic heterocycles. The minimum Gasteiger partial charge on any atom is -0.480 e. The van der Waals surface area contributed by atoms with Gasteiger partial charge < -0.3 is 15.2 Å². The predicted octanol–water partition coefficient (Wildman–Crippen LogP) is 0.723. The third-order valence-corrected chi connectivity index (χ3v) is 2.08. The number of carboxylic acids is 1. The molecule has 0 bridgehead atoms. The number of rotatable bonds is 8. The van der Waals surface area contributed by atoms with Crippen molar-refractivity contribution < 1.29 is 19.4 Å². The second-order valence-electron chi connectivity index (χ2n) is 3.75. The zero-order valence-corrected chi connectivity index (χ0v) is 10.3. The van der Waals surface area contributed by atoms with E-state index in [-0.39, 0.29) is 19.1 Å². The van der Waals surface area contributed by atoms with E-state index in [1.54, 1.807) is 0 Å². The fourth-order valence-corrected chi connectivity index (χ4v) is 1.25. The number of anilines is 1. The summed E-state index contributed by atoms with van der Waals surface area (Å²) >= 11 is 0. The quantitative estimate of drug-likeness (QED) is 0.668. The molecule has 0 unspecified atom stereocenters. The molecule has 0 radical (unpaired) electrons. The number of carbonyl (C=O) groups is 2. The molecular formula is C11H17N3O4. The largest absolute Gasteiger partial charge is 0.480 e. The third-order valence-electron chi connectivity index (χ3n) is 2.08. The molecule has 100 valence electrons. The number of carboxylic acid groups (broad SMARTS) is 1. The van der Waals surface area contributed by atoms with Crippen molar-refractivity contribution in [3.63, 3.8) is 0 Å². The lowest BCUT2D eigenvalue weighted by molar-refractivity contribution is -0.137. The molecule has 0 aliphatic carbocycles. The van der Waals surface area contributed by atoms with Crippen LogP contribution < -0.4 is 5.32 Å². The summed E-state index contributed by atoms with van der Waals surface area (Å²) in [5.41, 5.74) is 0. The third kappa shape index (κ3) is 5.44. The smallest absolute Gasteiger partial charge is 0.325 e. The molecule has 1 aromatic rings. The van der Waals surface area contributed by atoms with Gasteiger partial charge in [0.05, 0.1) is 0 Å². The monoisotopic (exact) mass is 255 g/mol. The fourth-order valence-electron chi connectivity index (χ4n) is 1.25. The number of aliphatic carboxylic acids is 1. The minimum absolute atomic E-state index is 0.0220. The van der Waals surface area contributed by atoms with Gasteiger partial charge >= 0.3 is 5.97 Å². The van der Waals surface area contributed by atoms with Crippen molar-refractivity contribution in [3.8, 4) is 0 Å². The van der Waals surface area contributed by atoms with E-state index in [1.165, 1.54) is 16.9 Å². The van der Waals surface area contributed by atoms with Crippen LogP contribution in [-0.4, -0.2) is 40.0 Å². The molecular weight excluding hydrogens is 238 g/mol. The number of hydrogen-bond donors (Lipinski definition) is 2. The van der Waals surface area contributed by atoms with Gasteiger partial charge in [0, 0.05) is 18.9 Å². The van der Waals surface area contributed by atoms with E-state index in [0.717, 1.165) is 12.8 Å². The standard InChI is InChI=1S/C11H17N3O4/c1-2-3-6-18-8-10(15)12-9-4-5-14(13-9)7-11(16)17/h4-5H,2-3,6-8H2,1H3,(H,16,17)(H,12,13,15). The first-order valence-electron chi connectivity index (χ1n) is 5.74. The number of ether oxygens (including phenoxy) is 1. The van der Waals surface area contributed by atoms with Crippen LogP contribution in [0.15, 0.2) is 12.3 Å². The van der Waals surface area contributed by atoms with Crippen molar-refractivity contribution in [2.45, 2.75) is 26.3 Å². The molecule has 7 nitrogen and oxygen atoms in total. The highest BCUT2D eigenvalue weighted by Gasteiger charge is 2.06. The van der Waals surface area contributed by atoms with Crippen LogP contribution in [0.5, 0.6) is 0 Å². The normalized spacial score (nSPS) is 10.3. The van der Waals surface area contributed by atoms with Crippen LogP contribution in [0.25, 0.3) is 0 Å². The molecule has 0 saturated heterocycles. The summed E-state index contributed by atoms with van der Waals surface area (Å²) in [5.74, 6) is -0.967. The molecule has 7 heteroatoms. The van der Waals surface area contributed by atoms with Gasteiger partial charge in [0.1, 0.15) is 13.2 Å². The summed E-state index contributed by atoms with van der Waals surface area (Å²) in [6, 6.07) is 1.53. The number of hydrogen-bond acceptors (Lipinski definition) is 4. The Morgan fingerprint density at radius 3 is 3.00 bits per heavy atom. The van der Waals surface area contributed by atoms with Crippen LogP contribution >= 0.6 is 0 Å². The molecule has 0 aliphatic heterocycles. The first kappa shape index (κ1) is 14.2. The first-order chi connectivity index (χ1) is 8.61. The lowest BCUT2D eigenvalue weighted by atomic mass is 10.4. The molecule has 0 fully saturated rings. The maximum Gasteiger partial charge on any atom is 0.325 e. The average molecular weight is 255 g/mol. The molecule has 1 heterocycles. The summed E-state index contributed by atoms with van der Waals surface area (Å²) < 4.78 is 6.37. The highest BCUT2D eigenvalue weighted by atomic mass is 16.5. The van der Waals surface area contributed by atoms with Crippen LogP contribution in [0.3, 0.4) is 0 Å². The van der Waals surface area contributed by atoms with E-state index in [2.05, 4.69) is 10.4 Å². The topological polar surface area (TPSA) is 93.5 Å². The Hall–Kier alpha value is -1.89. The first-order valence-corrected chi connectivity index (χ1v) is 5.74. The molecule has 0 saturated carbocycles. The van der Waals surface area contributed by atoms with Crippen molar-refractivity contribution in [2.75, 3.05) is 18.5 Å². The lowest BCUT2D eigenvalue weighted by Gasteiger charge is -2.03. The summed E-state index contributed by atoms with van der Waals surface area (Å²) in [6.45, 7) is 2.34. The Balaban J connectivity index is 2.31. The van der Waals surface area contributed by atoms with Crippen LogP contribution in [-0.2, 0) is 20.9 Å². The summed E-state index contributed by atoms with van der Waals surface area (Å²) in [4.78, 5) is 21.8. The number of aromatic nitrogens is 2. The van der Waals surface area contributed by atoms with Gasteiger partial charge in [-0.05, 0) is 6.42 Å². The summed E-state index contributed by atoms with van der Waals surface area (Å²) in [5, 5.41) is 15.0. The number of carbonyl (C=O) groups excluding carboxylic acids is 1. The van der Waals surface area contributed by atoms with Gasteiger partial charge in [0.2, 0.25) is 0 Å². The molecule has 1 amide bonds. The Labute approximate surface area is 105 Å².